The average molecular weight is 256 g/mol. The standard InChI is InChI=1S/C17H20O2/c1-14(18-2)17(19-3,15-10-6-4-7-11-15)16-12-8-5-9-13-16/h4-14H,1-3H3. The Hall–Kier alpha value is -1.64. The second-order valence-electron chi connectivity index (χ2n) is 4.55. The SMILES string of the molecule is COC(C)C(OC)(c1ccccc1)c1ccccc1. The molecular formula is C17H20O2. The Morgan fingerprint density at radius 1 is 0.789 bits per heavy atom. The zero-order chi connectivity index (χ0) is 13.7. The van der Waals surface area contributed by atoms with E-state index in [1.807, 2.05) is 43.3 Å². The summed E-state index contributed by atoms with van der Waals surface area (Å²) in [6, 6.07) is 20.4. The molecule has 2 aromatic carbocycles. The smallest absolute Gasteiger partial charge is 0.143 e. The molecule has 2 aromatic rings. The normalized spacial score (nSPS) is 13.2. The predicted octanol–water partition coefficient (Wildman–Crippen LogP) is 3.61. The van der Waals surface area contributed by atoms with Crippen LogP contribution in [-0.4, -0.2) is 20.3 Å². The van der Waals surface area contributed by atoms with Crippen LogP contribution in [0.2, 0.25) is 0 Å². The van der Waals surface area contributed by atoms with E-state index in [1.54, 1.807) is 14.2 Å². The maximum absolute atomic E-state index is 5.94. The third-order valence-corrected chi connectivity index (χ3v) is 3.65. The molecule has 2 rings (SSSR count). The van der Waals surface area contributed by atoms with Gasteiger partial charge in [0.25, 0.3) is 0 Å². The Morgan fingerprint density at radius 3 is 1.53 bits per heavy atom. The highest BCUT2D eigenvalue weighted by Gasteiger charge is 2.40. The molecule has 1 unspecified atom stereocenters. The van der Waals surface area contributed by atoms with Gasteiger partial charge in [-0.05, 0) is 18.1 Å². The molecule has 0 aliphatic carbocycles. The van der Waals surface area contributed by atoms with E-state index < -0.39 is 5.60 Å². The maximum atomic E-state index is 5.94. The van der Waals surface area contributed by atoms with Crippen molar-refractivity contribution in [1.82, 2.24) is 0 Å². The summed E-state index contributed by atoms with van der Waals surface area (Å²) in [6.45, 7) is 2.03. The highest BCUT2D eigenvalue weighted by molar-refractivity contribution is 5.37. The fourth-order valence-corrected chi connectivity index (χ4v) is 2.58. The third-order valence-electron chi connectivity index (χ3n) is 3.65. The minimum Gasteiger partial charge on any atom is -0.378 e. The van der Waals surface area contributed by atoms with Gasteiger partial charge in [0.2, 0.25) is 0 Å². The van der Waals surface area contributed by atoms with Crippen molar-refractivity contribution >= 4 is 0 Å². The van der Waals surface area contributed by atoms with E-state index in [0.717, 1.165) is 11.1 Å². The molecule has 1 atom stereocenters. The van der Waals surface area contributed by atoms with Crippen molar-refractivity contribution in [3.63, 3.8) is 0 Å². The van der Waals surface area contributed by atoms with E-state index in [2.05, 4.69) is 24.3 Å². The van der Waals surface area contributed by atoms with E-state index in [4.69, 9.17) is 9.47 Å². The van der Waals surface area contributed by atoms with Crippen LogP contribution in [0, 0.1) is 0 Å². The van der Waals surface area contributed by atoms with Crippen molar-refractivity contribution < 1.29 is 9.47 Å². The lowest BCUT2D eigenvalue weighted by molar-refractivity contribution is -0.0882. The first-order chi connectivity index (χ1) is 9.25. The monoisotopic (exact) mass is 256 g/mol. The molecule has 0 saturated heterocycles. The summed E-state index contributed by atoms with van der Waals surface area (Å²) in [4.78, 5) is 0. The van der Waals surface area contributed by atoms with Crippen molar-refractivity contribution in [3.8, 4) is 0 Å². The van der Waals surface area contributed by atoms with E-state index in [1.165, 1.54) is 0 Å². The van der Waals surface area contributed by atoms with Crippen molar-refractivity contribution in [2.24, 2.45) is 0 Å². The topological polar surface area (TPSA) is 18.5 Å². The van der Waals surface area contributed by atoms with Gasteiger partial charge in [0, 0.05) is 14.2 Å². The van der Waals surface area contributed by atoms with Gasteiger partial charge in [-0.25, -0.2) is 0 Å². The molecule has 0 saturated carbocycles. The van der Waals surface area contributed by atoms with Crippen molar-refractivity contribution in [3.05, 3.63) is 71.8 Å². The van der Waals surface area contributed by atoms with E-state index in [-0.39, 0.29) is 6.10 Å². The number of ether oxygens (including phenoxy) is 2. The zero-order valence-electron chi connectivity index (χ0n) is 11.7. The van der Waals surface area contributed by atoms with Gasteiger partial charge in [-0.15, -0.1) is 0 Å². The molecule has 0 heterocycles. The highest BCUT2D eigenvalue weighted by Crippen LogP contribution is 2.37. The molecule has 0 spiro atoms. The molecule has 100 valence electrons. The van der Waals surface area contributed by atoms with Gasteiger partial charge in [0.15, 0.2) is 0 Å². The fourth-order valence-electron chi connectivity index (χ4n) is 2.58. The van der Waals surface area contributed by atoms with Crippen LogP contribution in [0.4, 0.5) is 0 Å². The summed E-state index contributed by atoms with van der Waals surface area (Å²) in [5.41, 5.74) is 1.60. The molecule has 0 radical (unpaired) electrons. The molecule has 0 N–H and O–H groups in total. The molecule has 0 aliphatic rings. The first-order valence-electron chi connectivity index (χ1n) is 6.44. The van der Waals surface area contributed by atoms with Gasteiger partial charge in [0.1, 0.15) is 5.60 Å². The van der Waals surface area contributed by atoms with Crippen LogP contribution in [-0.2, 0) is 15.1 Å². The third kappa shape index (κ3) is 2.42. The summed E-state index contributed by atoms with van der Waals surface area (Å²) in [5.74, 6) is 0. The first kappa shape index (κ1) is 13.8. The van der Waals surface area contributed by atoms with Crippen LogP contribution in [0.1, 0.15) is 18.1 Å². The van der Waals surface area contributed by atoms with Crippen LogP contribution in [0.15, 0.2) is 60.7 Å². The van der Waals surface area contributed by atoms with E-state index >= 15 is 0 Å². The molecule has 2 nitrogen and oxygen atoms in total. The Balaban J connectivity index is 2.62. The van der Waals surface area contributed by atoms with Gasteiger partial charge in [0.05, 0.1) is 6.10 Å². The van der Waals surface area contributed by atoms with Gasteiger partial charge in [-0.1, -0.05) is 60.7 Å². The Bertz CT molecular complexity index is 454. The lowest BCUT2D eigenvalue weighted by atomic mass is 9.82. The Labute approximate surface area is 115 Å². The summed E-state index contributed by atoms with van der Waals surface area (Å²) in [7, 11) is 3.44. The molecule has 2 heteroatoms. The second kappa shape index (κ2) is 6.00. The zero-order valence-corrected chi connectivity index (χ0v) is 11.7. The summed E-state index contributed by atoms with van der Waals surface area (Å²) in [5, 5.41) is 0. The minimum atomic E-state index is -0.586. The Morgan fingerprint density at radius 2 is 1.21 bits per heavy atom. The molecule has 19 heavy (non-hydrogen) atoms. The quantitative estimate of drug-likeness (QED) is 0.813. The number of hydrogen-bond donors (Lipinski definition) is 0. The van der Waals surface area contributed by atoms with E-state index in [0.29, 0.717) is 0 Å². The van der Waals surface area contributed by atoms with Gasteiger partial charge >= 0.3 is 0 Å². The first-order valence-corrected chi connectivity index (χ1v) is 6.44. The average Bonchev–Trinajstić information content (AvgIpc) is 2.50. The largest absolute Gasteiger partial charge is 0.378 e. The molecule has 0 amide bonds. The summed E-state index contributed by atoms with van der Waals surface area (Å²) in [6.07, 6.45) is -0.0951. The second-order valence-corrected chi connectivity index (χ2v) is 4.55. The van der Waals surface area contributed by atoms with Crippen LogP contribution in [0.5, 0.6) is 0 Å². The lowest BCUT2D eigenvalue weighted by Gasteiger charge is -2.38. The van der Waals surface area contributed by atoms with Crippen LogP contribution in [0.25, 0.3) is 0 Å². The van der Waals surface area contributed by atoms with Gasteiger partial charge in [-0.3, -0.25) is 0 Å². The van der Waals surface area contributed by atoms with Crippen molar-refractivity contribution in [1.29, 1.82) is 0 Å². The fraction of sp³-hybridized carbons (Fsp3) is 0.294. The van der Waals surface area contributed by atoms with Crippen LogP contribution >= 0.6 is 0 Å². The molecule has 0 aromatic heterocycles. The molecule has 0 bridgehead atoms. The summed E-state index contributed by atoms with van der Waals surface area (Å²) >= 11 is 0. The van der Waals surface area contributed by atoms with Crippen molar-refractivity contribution in [2.45, 2.75) is 18.6 Å². The number of benzene rings is 2. The van der Waals surface area contributed by atoms with E-state index in [9.17, 15) is 0 Å². The number of methoxy groups -OCH3 is 2. The maximum Gasteiger partial charge on any atom is 0.143 e. The molecule has 0 aliphatic heterocycles. The van der Waals surface area contributed by atoms with Crippen LogP contribution in [0.3, 0.4) is 0 Å². The van der Waals surface area contributed by atoms with Gasteiger partial charge < -0.3 is 9.47 Å². The lowest BCUT2D eigenvalue weighted by Crippen LogP contribution is -2.42. The highest BCUT2D eigenvalue weighted by atomic mass is 16.5. The molecular weight excluding hydrogens is 236 g/mol. The predicted molar refractivity (Wildman–Crippen MR) is 77.1 cm³/mol. The summed E-state index contributed by atoms with van der Waals surface area (Å²) < 4.78 is 11.5. The molecule has 0 fully saturated rings. The van der Waals surface area contributed by atoms with Crippen molar-refractivity contribution in [2.75, 3.05) is 14.2 Å². The number of rotatable bonds is 5. The minimum absolute atomic E-state index is 0.0951. The number of hydrogen-bond acceptors (Lipinski definition) is 2. The Kier molecular flexibility index (Phi) is 4.35. The van der Waals surface area contributed by atoms with Gasteiger partial charge in [-0.2, -0.15) is 0 Å². The van der Waals surface area contributed by atoms with Crippen LogP contribution < -0.4 is 0 Å².